The summed E-state index contributed by atoms with van der Waals surface area (Å²) >= 11 is 0. The topological polar surface area (TPSA) is 75.2 Å². The molecule has 2 amide bonds. The predicted octanol–water partition coefficient (Wildman–Crippen LogP) is 2.00. The quantitative estimate of drug-likeness (QED) is 0.905. The molecule has 26 heavy (non-hydrogen) atoms. The van der Waals surface area contributed by atoms with Gasteiger partial charge in [-0.2, -0.15) is 0 Å². The molecule has 0 spiro atoms. The van der Waals surface area contributed by atoms with Crippen LogP contribution in [-0.2, 0) is 29.1 Å². The van der Waals surface area contributed by atoms with Crippen molar-refractivity contribution in [1.29, 1.82) is 0 Å². The molecule has 0 saturated carbocycles. The summed E-state index contributed by atoms with van der Waals surface area (Å²) in [6, 6.07) is 8.13. The SMILES string of the molecule is CC(=O)N1Cc2ccccc2CC1C(=O)NCc1nccc(C(F)F)n1. The number of carbonyl (C=O) groups is 2. The van der Waals surface area contributed by atoms with E-state index in [1.807, 2.05) is 24.3 Å². The van der Waals surface area contributed by atoms with Gasteiger partial charge in [0.2, 0.25) is 11.8 Å². The normalized spacial score (nSPS) is 16.3. The summed E-state index contributed by atoms with van der Waals surface area (Å²) in [5.41, 5.74) is 1.64. The minimum atomic E-state index is -2.70. The Labute approximate surface area is 149 Å². The first-order chi connectivity index (χ1) is 12.5. The van der Waals surface area contributed by atoms with Crippen molar-refractivity contribution in [2.24, 2.45) is 0 Å². The lowest BCUT2D eigenvalue weighted by Crippen LogP contribution is -2.51. The van der Waals surface area contributed by atoms with E-state index in [1.165, 1.54) is 18.0 Å². The molecule has 1 aliphatic rings. The van der Waals surface area contributed by atoms with Crippen molar-refractivity contribution < 1.29 is 18.4 Å². The summed E-state index contributed by atoms with van der Waals surface area (Å²) in [5.74, 6) is -0.460. The van der Waals surface area contributed by atoms with Gasteiger partial charge in [0.15, 0.2) is 0 Å². The number of aromatic nitrogens is 2. The summed E-state index contributed by atoms with van der Waals surface area (Å²) in [7, 11) is 0. The molecular formula is C18H18F2N4O2. The van der Waals surface area contributed by atoms with Crippen LogP contribution in [-0.4, -0.2) is 32.7 Å². The Morgan fingerprint density at radius 2 is 2.00 bits per heavy atom. The van der Waals surface area contributed by atoms with Gasteiger partial charge in [0, 0.05) is 26.1 Å². The fourth-order valence-corrected chi connectivity index (χ4v) is 2.99. The Morgan fingerprint density at radius 3 is 2.69 bits per heavy atom. The highest BCUT2D eigenvalue weighted by atomic mass is 19.3. The molecule has 1 N–H and O–H groups in total. The maximum atomic E-state index is 12.7. The molecule has 1 unspecified atom stereocenters. The van der Waals surface area contributed by atoms with Crippen LogP contribution in [0.15, 0.2) is 36.5 Å². The number of hydrogen-bond donors (Lipinski definition) is 1. The van der Waals surface area contributed by atoms with E-state index in [1.54, 1.807) is 0 Å². The first kappa shape index (κ1) is 17.9. The van der Waals surface area contributed by atoms with Gasteiger partial charge in [-0.3, -0.25) is 9.59 Å². The Hall–Kier alpha value is -2.90. The van der Waals surface area contributed by atoms with Gasteiger partial charge in [-0.25, -0.2) is 18.7 Å². The van der Waals surface area contributed by atoms with Crippen LogP contribution in [0.1, 0.15) is 36.0 Å². The number of nitrogens with zero attached hydrogens (tertiary/aromatic N) is 3. The van der Waals surface area contributed by atoms with Gasteiger partial charge >= 0.3 is 0 Å². The van der Waals surface area contributed by atoms with Crippen molar-refractivity contribution in [2.75, 3.05) is 0 Å². The second-order valence-corrected chi connectivity index (χ2v) is 6.05. The van der Waals surface area contributed by atoms with Crippen LogP contribution < -0.4 is 5.32 Å². The van der Waals surface area contributed by atoms with Gasteiger partial charge in [-0.05, 0) is 17.2 Å². The van der Waals surface area contributed by atoms with E-state index < -0.39 is 12.5 Å². The van der Waals surface area contributed by atoms with Gasteiger partial charge in [-0.1, -0.05) is 24.3 Å². The third-order valence-corrected chi connectivity index (χ3v) is 4.33. The van der Waals surface area contributed by atoms with Crippen molar-refractivity contribution in [3.05, 3.63) is 59.2 Å². The number of alkyl halides is 2. The molecule has 136 valence electrons. The van der Waals surface area contributed by atoms with Crippen molar-refractivity contribution in [2.45, 2.75) is 38.9 Å². The average Bonchev–Trinajstić information content (AvgIpc) is 2.65. The van der Waals surface area contributed by atoms with E-state index in [4.69, 9.17) is 0 Å². The smallest absolute Gasteiger partial charge is 0.280 e. The standard InChI is InChI=1S/C18H18F2N4O2/c1-11(25)24-10-13-5-3-2-4-12(13)8-15(24)18(26)22-9-16-21-7-6-14(23-16)17(19)20/h2-7,15,17H,8-10H2,1H3,(H,22,26). The number of fused-ring (bicyclic) bond motifs is 1. The lowest BCUT2D eigenvalue weighted by molar-refractivity contribution is -0.140. The molecule has 8 heteroatoms. The average molecular weight is 360 g/mol. The van der Waals surface area contributed by atoms with E-state index in [0.29, 0.717) is 13.0 Å². The minimum absolute atomic E-state index is 0.0801. The maximum Gasteiger partial charge on any atom is 0.280 e. The van der Waals surface area contributed by atoms with Crippen LogP contribution in [0.25, 0.3) is 0 Å². The Morgan fingerprint density at radius 1 is 1.27 bits per heavy atom. The second kappa shape index (κ2) is 7.55. The van der Waals surface area contributed by atoms with Gasteiger partial charge < -0.3 is 10.2 Å². The molecule has 0 saturated heterocycles. The van der Waals surface area contributed by atoms with Gasteiger partial charge in [-0.15, -0.1) is 0 Å². The molecular weight excluding hydrogens is 342 g/mol. The van der Waals surface area contributed by atoms with Crippen molar-refractivity contribution in [3.8, 4) is 0 Å². The third-order valence-electron chi connectivity index (χ3n) is 4.33. The lowest BCUT2D eigenvalue weighted by atomic mass is 9.93. The van der Waals surface area contributed by atoms with Gasteiger partial charge in [0.05, 0.1) is 6.54 Å². The Kier molecular flexibility index (Phi) is 5.20. The van der Waals surface area contributed by atoms with E-state index in [2.05, 4.69) is 15.3 Å². The zero-order chi connectivity index (χ0) is 18.7. The molecule has 1 aliphatic heterocycles. The molecule has 3 rings (SSSR count). The zero-order valence-corrected chi connectivity index (χ0v) is 14.2. The largest absolute Gasteiger partial charge is 0.347 e. The summed E-state index contributed by atoms with van der Waals surface area (Å²) in [4.78, 5) is 33.7. The van der Waals surface area contributed by atoms with Crippen LogP contribution >= 0.6 is 0 Å². The van der Waals surface area contributed by atoms with E-state index in [-0.39, 0.29) is 29.9 Å². The number of halogens is 2. The maximum absolute atomic E-state index is 12.7. The van der Waals surface area contributed by atoms with E-state index in [9.17, 15) is 18.4 Å². The van der Waals surface area contributed by atoms with E-state index >= 15 is 0 Å². The number of rotatable bonds is 4. The Bertz CT molecular complexity index is 828. The zero-order valence-electron chi connectivity index (χ0n) is 14.2. The molecule has 2 aromatic rings. The molecule has 6 nitrogen and oxygen atoms in total. The molecule has 0 aliphatic carbocycles. The van der Waals surface area contributed by atoms with Crippen LogP contribution in [0.5, 0.6) is 0 Å². The molecule has 2 heterocycles. The molecule has 0 bridgehead atoms. The first-order valence-corrected chi connectivity index (χ1v) is 8.17. The van der Waals surface area contributed by atoms with Gasteiger partial charge in [0.1, 0.15) is 17.6 Å². The molecule has 1 aromatic carbocycles. The molecule has 1 atom stereocenters. The number of hydrogen-bond acceptors (Lipinski definition) is 4. The number of nitrogens with one attached hydrogen (secondary N) is 1. The number of benzene rings is 1. The molecule has 0 radical (unpaired) electrons. The number of amides is 2. The summed E-state index contributed by atoms with van der Waals surface area (Å²) in [6.45, 7) is 1.70. The second-order valence-electron chi connectivity index (χ2n) is 6.05. The minimum Gasteiger partial charge on any atom is -0.347 e. The highest BCUT2D eigenvalue weighted by Crippen LogP contribution is 2.23. The van der Waals surface area contributed by atoms with Crippen molar-refractivity contribution in [3.63, 3.8) is 0 Å². The monoisotopic (exact) mass is 360 g/mol. The summed E-state index contributed by atoms with van der Waals surface area (Å²) < 4.78 is 25.4. The fourth-order valence-electron chi connectivity index (χ4n) is 2.99. The van der Waals surface area contributed by atoms with Crippen molar-refractivity contribution in [1.82, 2.24) is 20.2 Å². The molecule has 1 aromatic heterocycles. The van der Waals surface area contributed by atoms with Crippen LogP contribution in [0.4, 0.5) is 8.78 Å². The molecule has 0 fully saturated rings. The Balaban J connectivity index is 1.72. The lowest BCUT2D eigenvalue weighted by Gasteiger charge is -2.35. The fraction of sp³-hybridized carbons (Fsp3) is 0.333. The number of carbonyl (C=O) groups excluding carboxylic acids is 2. The van der Waals surface area contributed by atoms with E-state index in [0.717, 1.165) is 17.2 Å². The van der Waals surface area contributed by atoms with Crippen LogP contribution in [0.3, 0.4) is 0 Å². The highest BCUT2D eigenvalue weighted by molar-refractivity contribution is 5.87. The van der Waals surface area contributed by atoms with Crippen molar-refractivity contribution >= 4 is 11.8 Å². The highest BCUT2D eigenvalue weighted by Gasteiger charge is 2.32. The predicted molar refractivity (Wildman–Crippen MR) is 89.0 cm³/mol. The summed E-state index contributed by atoms with van der Waals surface area (Å²) in [6.07, 6.45) is -1.07. The van der Waals surface area contributed by atoms with Crippen LogP contribution in [0.2, 0.25) is 0 Å². The van der Waals surface area contributed by atoms with Gasteiger partial charge in [0.25, 0.3) is 6.43 Å². The first-order valence-electron chi connectivity index (χ1n) is 8.17. The third kappa shape index (κ3) is 3.84. The van der Waals surface area contributed by atoms with Crippen LogP contribution in [0, 0.1) is 0 Å². The summed E-state index contributed by atoms with van der Waals surface area (Å²) in [5, 5.41) is 2.65.